The normalized spacial score (nSPS) is 10.3. The van der Waals surface area contributed by atoms with Crippen LogP contribution in [-0.2, 0) is 4.74 Å². The molecule has 2 N–H and O–H groups in total. The molecule has 0 aliphatic heterocycles. The first-order valence-electron chi connectivity index (χ1n) is 5.23. The number of aromatic nitrogens is 5. The number of nitrogens with two attached hydrogens (primary N) is 1. The summed E-state index contributed by atoms with van der Waals surface area (Å²) in [5.41, 5.74) is 5.16. The predicted octanol–water partition coefficient (Wildman–Crippen LogP) is -0.357. The summed E-state index contributed by atoms with van der Waals surface area (Å²) in [7, 11) is 1.16. The minimum absolute atomic E-state index is 0.0765. The van der Waals surface area contributed by atoms with Crippen LogP contribution in [0.25, 0.3) is 5.82 Å². The molecule has 2 heterocycles. The number of carbonyl (C=O) groups is 1. The summed E-state index contributed by atoms with van der Waals surface area (Å²) in [6.07, 6.45) is 1.10. The third-order valence-corrected chi connectivity index (χ3v) is 2.32. The Hall–Kier alpha value is -3.11. The smallest absolute Gasteiger partial charge is 0.377 e. The molecule has 0 saturated heterocycles. The van der Waals surface area contributed by atoms with E-state index in [9.17, 15) is 14.9 Å². The second-order valence-corrected chi connectivity index (χ2v) is 3.60. The highest BCUT2D eigenvalue weighted by molar-refractivity contribution is 5.84. The fourth-order valence-corrected chi connectivity index (χ4v) is 1.50. The van der Waals surface area contributed by atoms with Crippen molar-refractivity contribution in [2.45, 2.75) is 6.92 Å². The SMILES string of the molecule is COC(=O)c1ncn(-c2nc(N)nc(C)c2[N+](=O)[O-])n1. The molecule has 0 aliphatic carbocycles. The maximum absolute atomic E-state index is 11.3. The van der Waals surface area contributed by atoms with Gasteiger partial charge in [-0.2, -0.15) is 9.67 Å². The van der Waals surface area contributed by atoms with Gasteiger partial charge in [0.2, 0.25) is 11.8 Å². The Labute approximate surface area is 111 Å². The number of ether oxygens (including phenoxy) is 1. The molecule has 0 bridgehead atoms. The van der Waals surface area contributed by atoms with Crippen molar-refractivity contribution in [3.63, 3.8) is 0 Å². The number of aryl methyl sites for hydroxylation is 1. The van der Waals surface area contributed by atoms with Crippen LogP contribution in [0.4, 0.5) is 11.6 Å². The van der Waals surface area contributed by atoms with E-state index in [0.29, 0.717) is 0 Å². The van der Waals surface area contributed by atoms with Crippen LogP contribution in [0.2, 0.25) is 0 Å². The van der Waals surface area contributed by atoms with Gasteiger partial charge < -0.3 is 10.5 Å². The Morgan fingerprint density at radius 1 is 1.50 bits per heavy atom. The Morgan fingerprint density at radius 2 is 2.20 bits per heavy atom. The van der Waals surface area contributed by atoms with E-state index in [2.05, 4.69) is 24.8 Å². The lowest BCUT2D eigenvalue weighted by molar-refractivity contribution is -0.385. The van der Waals surface area contributed by atoms with E-state index in [0.717, 1.165) is 18.1 Å². The third-order valence-electron chi connectivity index (χ3n) is 2.32. The van der Waals surface area contributed by atoms with Gasteiger partial charge in [-0.3, -0.25) is 10.1 Å². The quantitative estimate of drug-likeness (QED) is 0.450. The van der Waals surface area contributed by atoms with Crippen LogP contribution in [0.3, 0.4) is 0 Å². The number of carbonyl (C=O) groups excluding carboxylic acids is 1. The Kier molecular flexibility index (Phi) is 3.25. The molecule has 0 atom stereocenters. The van der Waals surface area contributed by atoms with Crippen LogP contribution >= 0.6 is 0 Å². The summed E-state index contributed by atoms with van der Waals surface area (Å²) in [5, 5.41) is 14.8. The summed E-state index contributed by atoms with van der Waals surface area (Å²) in [6.45, 7) is 1.41. The Balaban J connectivity index is 2.60. The van der Waals surface area contributed by atoms with Crippen LogP contribution in [-0.4, -0.2) is 42.7 Å². The largest absolute Gasteiger partial charge is 0.463 e. The zero-order chi connectivity index (χ0) is 14.9. The van der Waals surface area contributed by atoms with E-state index >= 15 is 0 Å². The van der Waals surface area contributed by atoms with E-state index in [1.807, 2.05) is 0 Å². The van der Waals surface area contributed by atoms with E-state index in [-0.39, 0.29) is 29.0 Å². The number of hydrogen-bond acceptors (Lipinski definition) is 9. The van der Waals surface area contributed by atoms with Gasteiger partial charge in [-0.25, -0.2) is 14.8 Å². The van der Waals surface area contributed by atoms with E-state index in [1.54, 1.807) is 0 Å². The van der Waals surface area contributed by atoms with Crippen LogP contribution in [0.1, 0.15) is 16.3 Å². The van der Waals surface area contributed by atoms with Crippen molar-refractivity contribution in [1.29, 1.82) is 0 Å². The first-order valence-corrected chi connectivity index (χ1v) is 5.23. The Morgan fingerprint density at radius 3 is 2.80 bits per heavy atom. The van der Waals surface area contributed by atoms with Gasteiger partial charge in [0.15, 0.2) is 0 Å². The lowest BCUT2D eigenvalue weighted by atomic mass is 10.3. The molecule has 0 spiro atoms. The molecular formula is C9H9N7O4. The highest BCUT2D eigenvalue weighted by atomic mass is 16.6. The monoisotopic (exact) mass is 279 g/mol. The zero-order valence-corrected chi connectivity index (χ0v) is 10.5. The molecule has 0 fully saturated rings. The van der Waals surface area contributed by atoms with Crippen LogP contribution in [0.15, 0.2) is 6.33 Å². The second-order valence-electron chi connectivity index (χ2n) is 3.60. The fraction of sp³-hybridized carbons (Fsp3) is 0.222. The van der Waals surface area contributed by atoms with Gasteiger partial charge in [-0.05, 0) is 6.92 Å². The van der Waals surface area contributed by atoms with Crippen molar-refractivity contribution in [1.82, 2.24) is 24.7 Å². The molecule has 104 valence electrons. The molecule has 2 aromatic rings. The maximum Gasteiger partial charge on any atom is 0.377 e. The first-order chi connectivity index (χ1) is 9.43. The van der Waals surface area contributed by atoms with Gasteiger partial charge in [0.25, 0.3) is 5.82 Å². The van der Waals surface area contributed by atoms with Crippen LogP contribution in [0.5, 0.6) is 0 Å². The number of hydrogen-bond donors (Lipinski definition) is 1. The lowest BCUT2D eigenvalue weighted by Gasteiger charge is -2.04. The summed E-state index contributed by atoms with van der Waals surface area (Å²) in [5.74, 6) is -1.36. The average molecular weight is 279 g/mol. The molecule has 0 radical (unpaired) electrons. The topological polar surface area (TPSA) is 152 Å². The molecule has 11 heteroatoms. The third kappa shape index (κ3) is 2.23. The first kappa shape index (κ1) is 13.3. The molecule has 0 unspecified atom stereocenters. The van der Waals surface area contributed by atoms with Crippen molar-refractivity contribution in [2.24, 2.45) is 0 Å². The lowest BCUT2D eigenvalue weighted by Crippen LogP contribution is -2.11. The molecule has 0 amide bonds. The maximum atomic E-state index is 11.3. The van der Waals surface area contributed by atoms with Gasteiger partial charge in [0.05, 0.1) is 12.0 Å². The summed E-state index contributed by atoms with van der Waals surface area (Å²) in [6, 6.07) is 0. The van der Waals surface area contributed by atoms with Gasteiger partial charge in [0.1, 0.15) is 12.0 Å². The highest BCUT2D eigenvalue weighted by Crippen LogP contribution is 2.23. The van der Waals surface area contributed by atoms with Crippen molar-refractivity contribution >= 4 is 17.6 Å². The number of nitrogen functional groups attached to an aromatic ring is 1. The molecule has 0 aliphatic rings. The van der Waals surface area contributed by atoms with Gasteiger partial charge in [-0.1, -0.05) is 0 Å². The van der Waals surface area contributed by atoms with Crippen LogP contribution < -0.4 is 5.73 Å². The number of methoxy groups -OCH3 is 1. The fourth-order valence-electron chi connectivity index (χ4n) is 1.50. The highest BCUT2D eigenvalue weighted by Gasteiger charge is 2.25. The standard InChI is InChI=1S/C9H9N7O4/c1-4-5(16(18)19)7(13-9(10)12-4)15-3-11-6(14-15)8(17)20-2/h3H,1-2H3,(H2,10,12,13). The van der Waals surface area contributed by atoms with Crippen molar-refractivity contribution in [2.75, 3.05) is 12.8 Å². The number of rotatable bonds is 3. The van der Waals surface area contributed by atoms with Crippen LogP contribution in [0, 0.1) is 17.0 Å². The Bertz CT molecular complexity index is 696. The van der Waals surface area contributed by atoms with E-state index in [1.165, 1.54) is 6.92 Å². The van der Waals surface area contributed by atoms with E-state index in [4.69, 9.17) is 5.73 Å². The van der Waals surface area contributed by atoms with Gasteiger partial charge in [0, 0.05) is 0 Å². The summed E-state index contributed by atoms with van der Waals surface area (Å²) in [4.78, 5) is 32.8. The number of nitrogens with zero attached hydrogens (tertiary/aromatic N) is 6. The summed E-state index contributed by atoms with van der Waals surface area (Å²) >= 11 is 0. The predicted molar refractivity (Wildman–Crippen MR) is 64.1 cm³/mol. The van der Waals surface area contributed by atoms with Crippen molar-refractivity contribution in [3.8, 4) is 5.82 Å². The molecular weight excluding hydrogens is 270 g/mol. The minimum Gasteiger partial charge on any atom is -0.463 e. The van der Waals surface area contributed by atoms with Crippen molar-refractivity contribution in [3.05, 3.63) is 28.0 Å². The van der Waals surface area contributed by atoms with E-state index < -0.39 is 10.9 Å². The number of anilines is 1. The zero-order valence-electron chi connectivity index (χ0n) is 10.5. The molecule has 2 aromatic heterocycles. The molecule has 0 aromatic carbocycles. The average Bonchev–Trinajstić information content (AvgIpc) is 2.85. The second kappa shape index (κ2) is 4.87. The molecule has 2 rings (SSSR count). The molecule has 11 nitrogen and oxygen atoms in total. The molecule has 0 saturated carbocycles. The minimum atomic E-state index is -0.773. The summed E-state index contributed by atoms with van der Waals surface area (Å²) < 4.78 is 5.41. The van der Waals surface area contributed by atoms with Gasteiger partial charge in [-0.15, -0.1) is 5.10 Å². The van der Waals surface area contributed by atoms with Crippen molar-refractivity contribution < 1.29 is 14.5 Å². The number of nitro groups is 1. The number of esters is 1. The van der Waals surface area contributed by atoms with Gasteiger partial charge >= 0.3 is 11.7 Å². The molecule has 20 heavy (non-hydrogen) atoms.